The van der Waals surface area contributed by atoms with Crippen LogP contribution in [-0.4, -0.2) is 59.0 Å². The van der Waals surface area contributed by atoms with Gasteiger partial charge in [-0.05, 0) is 0 Å². The summed E-state index contributed by atoms with van der Waals surface area (Å²) in [7, 11) is 0. The molecule has 1 aromatic carbocycles. The van der Waals surface area contributed by atoms with Gasteiger partial charge >= 0.3 is 144 Å². The van der Waals surface area contributed by atoms with E-state index in [-0.39, 0.29) is 15.8 Å². The Balaban J connectivity index is 1.40. The predicted octanol–water partition coefficient (Wildman–Crippen LogP) is 1.47. The van der Waals surface area contributed by atoms with Crippen LogP contribution < -0.4 is 4.35 Å². The van der Waals surface area contributed by atoms with E-state index in [9.17, 15) is 5.11 Å². The predicted molar refractivity (Wildman–Crippen MR) is 89.7 cm³/mol. The van der Waals surface area contributed by atoms with Crippen LogP contribution >= 0.6 is 0 Å². The van der Waals surface area contributed by atoms with Gasteiger partial charge in [0.15, 0.2) is 0 Å². The van der Waals surface area contributed by atoms with Crippen LogP contribution in [0.2, 0.25) is 5.21 Å². The number of phenolic OH excluding ortho intramolecular Hbond substituents is 1. The van der Waals surface area contributed by atoms with E-state index in [2.05, 4.69) is 6.07 Å². The second kappa shape index (κ2) is 7.14. The molecule has 126 valence electrons. The molecule has 3 fully saturated rings. The van der Waals surface area contributed by atoms with E-state index in [0.29, 0.717) is 35.9 Å². The Hall–Kier alpha value is -0.542. The molecule has 0 bridgehead atoms. The van der Waals surface area contributed by atoms with Crippen molar-refractivity contribution in [3.63, 3.8) is 0 Å². The minimum absolute atomic E-state index is 0.321. The number of hydrogen-bond acceptors (Lipinski definition) is 4. The van der Waals surface area contributed by atoms with Gasteiger partial charge in [-0.3, -0.25) is 0 Å². The number of benzene rings is 1. The van der Waals surface area contributed by atoms with Crippen molar-refractivity contribution in [2.24, 2.45) is 11.8 Å². The van der Waals surface area contributed by atoms with Gasteiger partial charge in [0.2, 0.25) is 0 Å². The van der Waals surface area contributed by atoms with Crippen LogP contribution in [0.5, 0.6) is 5.75 Å². The molecule has 5 heteroatoms. The van der Waals surface area contributed by atoms with Crippen molar-refractivity contribution in [1.82, 2.24) is 0 Å². The van der Waals surface area contributed by atoms with Crippen LogP contribution in [0.3, 0.4) is 0 Å². The summed E-state index contributed by atoms with van der Waals surface area (Å²) < 4.78 is 17.7. The first-order chi connectivity index (χ1) is 11.3. The molecule has 0 radical (unpaired) electrons. The van der Waals surface area contributed by atoms with E-state index in [1.54, 1.807) is 0 Å². The van der Waals surface area contributed by atoms with E-state index >= 15 is 0 Å². The first-order valence-electron chi connectivity index (χ1n) is 8.64. The third kappa shape index (κ3) is 4.96. The van der Waals surface area contributed by atoms with Crippen molar-refractivity contribution in [3.05, 3.63) is 24.3 Å². The number of aromatic hydroxyl groups is 1. The Morgan fingerprint density at radius 3 is 1.96 bits per heavy atom. The normalized spacial score (nSPS) is 31.2. The molecule has 3 saturated heterocycles. The molecule has 0 aromatic heterocycles. The Bertz CT molecular complexity index is 512. The van der Waals surface area contributed by atoms with Gasteiger partial charge in [-0.25, -0.2) is 0 Å². The Morgan fingerprint density at radius 1 is 0.913 bits per heavy atom. The van der Waals surface area contributed by atoms with Gasteiger partial charge in [0.25, 0.3) is 0 Å². The zero-order valence-electron chi connectivity index (χ0n) is 13.3. The molecule has 3 heterocycles. The van der Waals surface area contributed by atoms with Crippen molar-refractivity contribution in [3.8, 4) is 5.75 Å². The van der Waals surface area contributed by atoms with Crippen LogP contribution in [0.4, 0.5) is 0 Å². The van der Waals surface area contributed by atoms with Crippen LogP contribution in [0.25, 0.3) is 0 Å². The summed E-state index contributed by atoms with van der Waals surface area (Å²) in [4.78, 5) is 0. The summed E-state index contributed by atoms with van der Waals surface area (Å²) >= 11 is -0.321. The van der Waals surface area contributed by atoms with Crippen molar-refractivity contribution in [2.75, 3.05) is 19.8 Å². The second-order valence-corrected chi connectivity index (χ2v) is 9.72. The van der Waals surface area contributed by atoms with Crippen LogP contribution in [-0.2, 0) is 14.2 Å². The molecule has 0 aliphatic carbocycles. The van der Waals surface area contributed by atoms with Crippen LogP contribution in [0, 0.1) is 11.8 Å². The van der Waals surface area contributed by atoms with E-state index in [1.807, 2.05) is 18.2 Å². The van der Waals surface area contributed by atoms with Crippen LogP contribution in [0.15, 0.2) is 24.3 Å². The molecule has 4 rings (SSSR count). The van der Waals surface area contributed by atoms with Crippen LogP contribution in [0.1, 0.15) is 19.3 Å². The fourth-order valence-electron chi connectivity index (χ4n) is 3.41. The molecular weight excluding hydrogens is 355 g/mol. The fourth-order valence-corrected chi connectivity index (χ4v) is 6.48. The molecule has 3 aliphatic heterocycles. The molecular formula is C18H25AsO4. The van der Waals surface area contributed by atoms with Gasteiger partial charge < -0.3 is 0 Å². The average Bonchev–Trinajstić information content (AvgIpc) is 3.37. The third-order valence-corrected chi connectivity index (χ3v) is 8.24. The number of phenols is 1. The Labute approximate surface area is 144 Å². The summed E-state index contributed by atoms with van der Waals surface area (Å²) in [6, 6.07) is 7.83. The zero-order chi connectivity index (χ0) is 15.6. The number of ether oxygens (including phenoxy) is 3. The Kier molecular flexibility index (Phi) is 4.96. The SMILES string of the molecule is Oc1ccccc1[AsH]CC(CC1CO1)C(CC1CO1)CC1CO1. The van der Waals surface area contributed by atoms with Gasteiger partial charge in [-0.1, -0.05) is 0 Å². The topological polar surface area (TPSA) is 57.8 Å². The molecule has 4 nitrogen and oxygen atoms in total. The van der Waals surface area contributed by atoms with Gasteiger partial charge in [0.1, 0.15) is 0 Å². The summed E-state index contributed by atoms with van der Waals surface area (Å²) in [5, 5.41) is 11.3. The summed E-state index contributed by atoms with van der Waals surface area (Å²) in [5.41, 5.74) is 0. The molecule has 3 aliphatic rings. The molecule has 0 amide bonds. The standard InChI is InChI=1S/C18H25AsO4/c20-18-4-2-1-3-17(18)19-8-13(7-16-11-23-16)12(5-14-9-21-14)6-15-10-22-15/h1-4,12-16,19-20H,5-11H2. The number of para-hydroxylation sites is 1. The Morgan fingerprint density at radius 2 is 1.43 bits per heavy atom. The first kappa shape index (κ1) is 16.0. The van der Waals surface area contributed by atoms with Crippen molar-refractivity contribution < 1.29 is 19.3 Å². The fraction of sp³-hybridized carbons (Fsp3) is 0.667. The molecule has 0 saturated carbocycles. The zero-order valence-corrected chi connectivity index (χ0v) is 15.4. The van der Waals surface area contributed by atoms with E-state index < -0.39 is 0 Å². The molecule has 1 N–H and O–H groups in total. The molecule has 23 heavy (non-hydrogen) atoms. The van der Waals surface area contributed by atoms with Gasteiger partial charge in [0.05, 0.1) is 0 Å². The van der Waals surface area contributed by atoms with Gasteiger partial charge in [-0.2, -0.15) is 0 Å². The van der Waals surface area contributed by atoms with E-state index in [4.69, 9.17) is 14.2 Å². The van der Waals surface area contributed by atoms with E-state index in [1.165, 1.54) is 28.8 Å². The summed E-state index contributed by atoms with van der Waals surface area (Å²) in [5.74, 6) is 1.82. The molecule has 5 atom stereocenters. The first-order valence-corrected chi connectivity index (χ1v) is 11.2. The number of hydrogen-bond donors (Lipinski definition) is 1. The van der Waals surface area contributed by atoms with Gasteiger partial charge in [0, 0.05) is 0 Å². The molecule has 0 spiro atoms. The second-order valence-electron chi connectivity index (χ2n) is 6.99. The van der Waals surface area contributed by atoms with Crippen molar-refractivity contribution in [2.45, 2.75) is 42.8 Å². The maximum atomic E-state index is 10.0. The van der Waals surface area contributed by atoms with Crippen molar-refractivity contribution >= 4 is 20.1 Å². The minimum atomic E-state index is -0.321. The third-order valence-electron chi connectivity index (χ3n) is 5.03. The number of rotatable bonds is 10. The average molecular weight is 380 g/mol. The van der Waals surface area contributed by atoms with Crippen molar-refractivity contribution in [1.29, 1.82) is 0 Å². The van der Waals surface area contributed by atoms with E-state index in [0.717, 1.165) is 19.8 Å². The number of epoxide rings is 3. The maximum absolute atomic E-state index is 10.0. The molecule has 1 aromatic rings. The summed E-state index contributed by atoms with van der Waals surface area (Å²) in [6.07, 6.45) is 4.94. The quantitative estimate of drug-likeness (QED) is 0.494. The summed E-state index contributed by atoms with van der Waals surface area (Å²) in [6.45, 7) is 2.80. The van der Waals surface area contributed by atoms with Gasteiger partial charge in [-0.15, -0.1) is 0 Å². The monoisotopic (exact) mass is 380 g/mol. The molecule has 5 unspecified atom stereocenters.